The van der Waals surface area contributed by atoms with Gasteiger partial charge in [-0.2, -0.15) is 11.3 Å². The summed E-state index contributed by atoms with van der Waals surface area (Å²) in [5, 5.41) is 13.1. The van der Waals surface area contributed by atoms with E-state index in [0.29, 0.717) is 19.5 Å². The van der Waals surface area contributed by atoms with Gasteiger partial charge in [0.05, 0.1) is 13.0 Å². The maximum absolute atomic E-state index is 12.2. The van der Waals surface area contributed by atoms with Crippen molar-refractivity contribution in [3.05, 3.63) is 64.4 Å². The van der Waals surface area contributed by atoms with Crippen LogP contribution in [0.3, 0.4) is 0 Å². The molecule has 0 spiro atoms. The topological polar surface area (TPSA) is 40.5 Å². The maximum Gasteiger partial charge on any atom is 0.227 e. The predicted molar refractivity (Wildman–Crippen MR) is 87.2 cm³/mol. The summed E-state index contributed by atoms with van der Waals surface area (Å²) < 4.78 is 0. The van der Waals surface area contributed by atoms with E-state index in [0.717, 1.165) is 11.1 Å². The summed E-state index contributed by atoms with van der Waals surface area (Å²) in [6.07, 6.45) is 4.33. The Morgan fingerprint density at radius 3 is 2.71 bits per heavy atom. The Hall–Kier alpha value is -1.91. The minimum atomic E-state index is -0.0193. The van der Waals surface area contributed by atoms with Gasteiger partial charge >= 0.3 is 0 Å². The Labute approximate surface area is 129 Å². The molecule has 0 atom stereocenters. The number of aliphatic hydroxyl groups excluding tert-OH is 1. The molecule has 0 saturated carbocycles. The van der Waals surface area contributed by atoms with Crippen LogP contribution in [0, 0.1) is 0 Å². The summed E-state index contributed by atoms with van der Waals surface area (Å²) in [5.41, 5.74) is 2.13. The van der Waals surface area contributed by atoms with E-state index in [2.05, 4.69) is 0 Å². The van der Waals surface area contributed by atoms with E-state index < -0.39 is 0 Å². The van der Waals surface area contributed by atoms with E-state index in [4.69, 9.17) is 5.11 Å². The molecule has 1 heterocycles. The normalized spacial score (nSPS) is 10.9. The van der Waals surface area contributed by atoms with Gasteiger partial charge in [-0.15, -0.1) is 0 Å². The van der Waals surface area contributed by atoms with Gasteiger partial charge in [0.15, 0.2) is 0 Å². The third kappa shape index (κ3) is 5.17. The second-order valence-corrected chi connectivity index (χ2v) is 5.46. The van der Waals surface area contributed by atoms with E-state index in [9.17, 15) is 4.79 Å². The van der Waals surface area contributed by atoms with E-state index in [-0.39, 0.29) is 12.5 Å². The third-order valence-electron chi connectivity index (χ3n) is 3.09. The Balaban J connectivity index is 1.92. The molecule has 21 heavy (non-hydrogen) atoms. The summed E-state index contributed by atoms with van der Waals surface area (Å²) in [6, 6.07) is 11.9. The zero-order valence-corrected chi connectivity index (χ0v) is 12.6. The highest BCUT2D eigenvalue weighted by Gasteiger charge is 2.12. The zero-order valence-electron chi connectivity index (χ0n) is 11.8. The largest absolute Gasteiger partial charge is 0.395 e. The van der Waals surface area contributed by atoms with Crippen LogP contribution in [0.1, 0.15) is 11.1 Å². The first-order valence-electron chi connectivity index (χ1n) is 6.91. The molecule has 3 nitrogen and oxygen atoms in total. The monoisotopic (exact) mass is 301 g/mol. The second-order valence-electron chi connectivity index (χ2n) is 4.68. The van der Waals surface area contributed by atoms with Crippen LogP contribution in [0.4, 0.5) is 0 Å². The summed E-state index contributed by atoms with van der Waals surface area (Å²) >= 11 is 1.59. The minimum absolute atomic E-state index is 0.0193. The van der Waals surface area contributed by atoms with Crippen molar-refractivity contribution in [3.63, 3.8) is 0 Å². The lowest BCUT2D eigenvalue weighted by atomic mass is 10.2. The molecule has 1 N–H and O–H groups in total. The summed E-state index contributed by atoms with van der Waals surface area (Å²) in [6.45, 7) is 0.856. The molecule has 0 radical (unpaired) electrons. The van der Waals surface area contributed by atoms with Gasteiger partial charge in [-0.05, 0) is 28.0 Å². The number of benzene rings is 1. The number of aliphatic hydroxyl groups is 1. The maximum atomic E-state index is 12.2. The first kappa shape index (κ1) is 15.5. The van der Waals surface area contributed by atoms with Crippen molar-refractivity contribution < 1.29 is 9.90 Å². The van der Waals surface area contributed by atoms with Crippen LogP contribution in [0.15, 0.2) is 53.2 Å². The van der Waals surface area contributed by atoms with Crippen LogP contribution in [0.2, 0.25) is 0 Å². The van der Waals surface area contributed by atoms with Crippen LogP contribution in [0.25, 0.3) is 6.08 Å². The fourth-order valence-corrected chi connectivity index (χ4v) is 2.67. The molecule has 0 aliphatic heterocycles. The smallest absolute Gasteiger partial charge is 0.227 e. The van der Waals surface area contributed by atoms with Crippen LogP contribution in [-0.2, 0) is 11.2 Å². The Bertz CT molecular complexity index is 564. The third-order valence-corrected chi connectivity index (χ3v) is 3.83. The first-order chi connectivity index (χ1) is 10.3. The van der Waals surface area contributed by atoms with Crippen LogP contribution < -0.4 is 0 Å². The average molecular weight is 301 g/mol. The highest BCUT2D eigenvalue weighted by molar-refractivity contribution is 7.07. The molecule has 0 aliphatic carbocycles. The lowest BCUT2D eigenvalue weighted by molar-refractivity contribution is -0.130. The number of amides is 1. The highest BCUT2D eigenvalue weighted by Crippen LogP contribution is 2.09. The van der Waals surface area contributed by atoms with Crippen molar-refractivity contribution in [1.82, 2.24) is 4.90 Å². The molecular formula is C17H19NO2S. The molecule has 0 unspecified atom stereocenters. The number of hydrogen-bond donors (Lipinski definition) is 1. The molecular weight excluding hydrogens is 282 g/mol. The van der Waals surface area contributed by atoms with E-state index in [1.165, 1.54) is 0 Å². The molecule has 0 aliphatic rings. The van der Waals surface area contributed by atoms with Crippen molar-refractivity contribution in [2.45, 2.75) is 6.42 Å². The lowest BCUT2D eigenvalue weighted by Crippen LogP contribution is -2.34. The average Bonchev–Trinajstić information content (AvgIpc) is 3.00. The molecule has 0 saturated heterocycles. The van der Waals surface area contributed by atoms with Gasteiger partial charge in [-0.3, -0.25) is 4.79 Å². The molecule has 2 rings (SSSR count). The summed E-state index contributed by atoms with van der Waals surface area (Å²) in [7, 11) is 0. The van der Waals surface area contributed by atoms with Crippen LogP contribution in [0.5, 0.6) is 0 Å². The van der Waals surface area contributed by atoms with Crippen LogP contribution >= 0.6 is 11.3 Å². The molecule has 110 valence electrons. The number of nitrogens with zero attached hydrogens (tertiary/aromatic N) is 1. The zero-order chi connectivity index (χ0) is 14.9. The van der Waals surface area contributed by atoms with Crippen LogP contribution in [-0.4, -0.2) is 35.6 Å². The number of hydrogen-bond acceptors (Lipinski definition) is 3. The summed E-state index contributed by atoms with van der Waals surface area (Å²) in [4.78, 5) is 13.9. The SMILES string of the molecule is O=C(Cc1ccsc1)N(CC=Cc1ccccc1)CCO. The molecule has 1 aromatic heterocycles. The van der Waals surface area contributed by atoms with E-state index in [1.54, 1.807) is 16.2 Å². The highest BCUT2D eigenvalue weighted by atomic mass is 32.1. The quantitative estimate of drug-likeness (QED) is 0.854. The molecule has 0 bridgehead atoms. The molecule has 4 heteroatoms. The van der Waals surface area contributed by atoms with Gasteiger partial charge in [0.2, 0.25) is 5.91 Å². The van der Waals surface area contributed by atoms with Crippen molar-refractivity contribution in [1.29, 1.82) is 0 Å². The fraction of sp³-hybridized carbons (Fsp3) is 0.235. The van der Waals surface area contributed by atoms with Gasteiger partial charge in [0.25, 0.3) is 0 Å². The van der Waals surface area contributed by atoms with Gasteiger partial charge in [0, 0.05) is 13.1 Å². The number of rotatable bonds is 7. The molecule has 0 fully saturated rings. The fourth-order valence-electron chi connectivity index (χ4n) is 2.00. The minimum Gasteiger partial charge on any atom is -0.395 e. The van der Waals surface area contributed by atoms with Crippen molar-refractivity contribution in [3.8, 4) is 0 Å². The van der Waals surface area contributed by atoms with Gasteiger partial charge in [-0.25, -0.2) is 0 Å². The second kappa shape index (κ2) is 8.39. The van der Waals surface area contributed by atoms with Crippen molar-refractivity contribution >= 4 is 23.3 Å². The predicted octanol–water partition coefficient (Wildman–Crippen LogP) is 2.82. The lowest BCUT2D eigenvalue weighted by Gasteiger charge is -2.19. The van der Waals surface area contributed by atoms with Crippen molar-refractivity contribution in [2.75, 3.05) is 19.7 Å². The number of carbonyl (C=O) groups excluding carboxylic acids is 1. The molecule has 2 aromatic rings. The van der Waals surface area contributed by atoms with Gasteiger partial charge in [0.1, 0.15) is 0 Å². The molecule has 1 amide bonds. The number of carbonyl (C=O) groups is 1. The van der Waals surface area contributed by atoms with E-state index >= 15 is 0 Å². The standard InChI is InChI=1S/C17H19NO2S/c19-11-10-18(17(20)13-16-8-12-21-14-16)9-4-7-15-5-2-1-3-6-15/h1-8,12,14,19H,9-11,13H2. The summed E-state index contributed by atoms with van der Waals surface area (Å²) in [5.74, 6) is 0.0418. The van der Waals surface area contributed by atoms with Crippen molar-refractivity contribution in [2.24, 2.45) is 0 Å². The van der Waals surface area contributed by atoms with Gasteiger partial charge < -0.3 is 10.0 Å². The first-order valence-corrected chi connectivity index (χ1v) is 7.85. The van der Waals surface area contributed by atoms with Gasteiger partial charge in [-0.1, -0.05) is 42.5 Å². The Kier molecular flexibility index (Phi) is 6.19. The molecule has 1 aromatic carbocycles. The number of thiophene rings is 1. The Morgan fingerprint density at radius 2 is 2.05 bits per heavy atom. The van der Waals surface area contributed by atoms with E-state index in [1.807, 2.05) is 59.3 Å². The Morgan fingerprint density at radius 1 is 1.24 bits per heavy atom.